The Bertz CT molecular complexity index is 1210. The SMILES string of the molecule is COCc1c(C(=O)NCc2ccccc2S(=O)(=O)NC(C)(C)C)sc2cccc(F)c12. The van der Waals surface area contributed by atoms with E-state index in [-0.39, 0.29) is 18.0 Å². The summed E-state index contributed by atoms with van der Waals surface area (Å²) >= 11 is 1.18. The number of halogens is 1. The summed E-state index contributed by atoms with van der Waals surface area (Å²) < 4.78 is 48.4. The van der Waals surface area contributed by atoms with E-state index >= 15 is 0 Å². The van der Waals surface area contributed by atoms with E-state index in [0.29, 0.717) is 26.1 Å². The second-order valence-electron chi connectivity index (χ2n) is 8.10. The van der Waals surface area contributed by atoms with Gasteiger partial charge in [-0.2, -0.15) is 0 Å². The number of sulfonamides is 1. The standard InChI is InChI=1S/C22H25FN2O4S2/c1-22(2,3)25-31(27,28)18-11-6-5-8-14(18)12-24-21(26)20-15(13-29-4)19-16(23)9-7-10-17(19)30-20/h5-11,25H,12-13H2,1-4H3,(H,24,26). The Morgan fingerprint density at radius 2 is 1.84 bits per heavy atom. The van der Waals surface area contributed by atoms with Gasteiger partial charge >= 0.3 is 0 Å². The van der Waals surface area contributed by atoms with Crippen molar-refractivity contribution in [3.63, 3.8) is 0 Å². The third kappa shape index (κ3) is 5.30. The maximum atomic E-state index is 14.4. The molecule has 0 aliphatic heterocycles. The molecule has 2 aromatic carbocycles. The van der Waals surface area contributed by atoms with Crippen molar-refractivity contribution in [1.29, 1.82) is 0 Å². The van der Waals surface area contributed by atoms with Crippen LogP contribution >= 0.6 is 11.3 Å². The topological polar surface area (TPSA) is 84.5 Å². The van der Waals surface area contributed by atoms with E-state index in [1.807, 2.05) is 0 Å². The molecule has 0 spiro atoms. The Kier molecular flexibility index (Phi) is 6.80. The minimum Gasteiger partial charge on any atom is -0.380 e. The highest BCUT2D eigenvalue weighted by molar-refractivity contribution is 7.89. The first-order chi connectivity index (χ1) is 14.5. The number of hydrogen-bond acceptors (Lipinski definition) is 5. The van der Waals surface area contributed by atoms with Gasteiger partial charge in [-0.1, -0.05) is 24.3 Å². The molecule has 3 rings (SSSR count). The largest absolute Gasteiger partial charge is 0.380 e. The number of carbonyl (C=O) groups is 1. The molecule has 1 heterocycles. The normalized spacial score (nSPS) is 12.3. The van der Waals surface area contributed by atoms with E-state index in [9.17, 15) is 17.6 Å². The molecular weight excluding hydrogens is 439 g/mol. The summed E-state index contributed by atoms with van der Waals surface area (Å²) in [6, 6.07) is 11.2. The van der Waals surface area contributed by atoms with Gasteiger partial charge in [0.25, 0.3) is 5.91 Å². The predicted molar refractivity (Wildman–Crippen MR) is 120 cm³/mol. The third-order valence-corrected chi connectivity index (χ3v) is 7.45. The van der Waals surface area contributed by atoms with Crippen LogP contribution in [0.4, 0.5) is 4.39 Å². The van der Waals surface area contributed by atoms with E-state index in [1.165, 1.54) is 30.6 Å². The number of fused-ring (bicyclic) bond motifs is 1. The summed E-state index contributed by atoms with van der Waals surface area (Å²) in [6.07, 6.45) is 0. The van der Waals surface area contributed by atoms with Crippen molar-refractivity contribution in [3.05, 3.63) is 64.3 Å². The van der Waals surface area contributed by atoms with Crippen LogP contribution in [0.3, 0.4) is 0 Å². The first-order valence-corrected chi connectivity index (χ1v) is 11.9. The van der Waals surface area contributed by atoms with Crippen LogP contribution in [0, 0.1) is 5.82 Å². The second-order valence-corrected chi connectivity index (χ2v) is 10.8. The molecular formula is C22H25FN2O4S2. The molecule has 0 saturated carbocycles. The number of nitrogens with one attached hydrogen (secondary N) is 2. The van der Waals surface area contributed by atoms with Crippen molar-refractivity contribution in [1.82, 2.24) is 10.0 Å². The van der Waals surface area contributed by atoms with Crippen molar-refractivity contribution in [3.8, 4) is 0 Å². The lowest BCUT2D eigenvalue weighted by molar-refractivity contribution is 0.0950. The van der Waals surface area contributed by atoms with Gasteiger partial charge in [-0.25, -0.2) is 17.5 Å². The summed E-state index contributed by atoms with van der Waals surface area (Å²) in [4.78, 5) is 13.4. The van der Waals surface area contributed by atoms with Crippen LogP contribution in [0.5, 0.6) is 0 Å². The van der Waals surface area contributed by atoms with Crippen molar-refractivity contribution in [2.75, 3.05) is 7.11 Å². The number of carbonyl (C=O) groups excluding carboxylic acids is 1. The molecule has 0 radical (unpaired) electrons. The maximum Gasteiger partial charge on any atom is 0.262 e. The van der Waals surface area contributed by atoms with Gasteiger partial charge in [0.2, 0.25) is 10.0 Å². The number of methoxy groups -OCH3 is 1. The molecule has 3 aromatic rings. The first-order valence-electron chi connectivity index (χ1n) is 9.62. The van der Waals surface area contributed by atoms with Gasteiger partial charge in [0.05, 0.1) is 16.4 Å². The highest BCUT2D eigenvalue weighted by Gasteiger charge is 2.25. The fourth-order valence-corrected chi connectivity index (χ4v) is 6.06. The van der Waals surface area contributed by atoms with Crippen LogP contribution in [0.15, 0.2) is 47.4 Å². The average molecular weight is 465 g/mol. The fraction of sp³-hybridized carbons (Fsp3) is 0.318. The van der Waals surface area contributed by atoms with Crippen molar-refractivity contribution < 1.29 is 22.3 Å². The molecule has 9 heteroatoms. The number of thiophene rings is 1. The molecule has 6 nitrogen and oxygen atoms in total. The quantitative estimate of drug-likeness (QED) is 0.549. The number of hydrogen-bond donors (Lipinski definition) is 2. The van der Waals surface area contributed by atoms with E-state index in [0.717, 1.165) is 0 Å². The predicted octanol–water partition coefficient (Wildman–Crippen LogP) is 4.19. The van der Waals surface area contributed by atoms with Gasteiger partial charge in [-0.05, 0) is 44.5 Å². The minimum absolute atomic E-state index is 0.00318. The Labute approximate surface area is 185 Å². The molecule has 0 atom stereocenters. The highest BCUT2D eigenvalue weighted by atomic mass is 32.2. The molecule has 1 aromatic heterocycles. The van der Waals surface area contributed by atoms with Crippen molar-refractivity contribution >= 4 is 37.4 Å². The third-order valence-electron chi connectivity index (χ3n) is 4.40. The number of rotatable bonds is 7. The summed E-state index contributed by atoms with van der Waals surface area (Å²) in [6.45, 7) is 5.36. The summed E-state index contributed by atoms with van der Waals surface area (Å²) in [5.74, 6) is -0.826. The Balaban J connectivity index is 1.89. The molecule has 166 valence electrons. The number of ether oxygens (including phenoxy) is 1. The second kappa shape index (κ2) is 9.04. The lowest BCUT2D eigenvalue weighted by atomic mass is 10.1. The van der Waals surface area contributed by atoms with Crippen LogP contribution in [0.2, 0.25) is 0 Å². The Morgan fingerprint density at radius 3 is 2.52 bits per heavy atom. The van der Waals surface area contributed by atoms with E-state index in [4.69, 9.17) is 4.74 Å². The van der Waals surface area contributed by atoms with Crippen molar-refractivity contribution in [2.24, 2.45) is 0 Å². The molecule has 0 unspecified atom stereocenters. The van der Waals surface area contributed by atoms with Gasteiger partial charge in [0.1, 0.15) is 5.82 Å². The lowest BCUT2D eigenvalue weighted by Crippen LogP contribution is -2.41. The van der Waals surface area contributed by atoms with Gasteiger partial charge in [0.15, 0.2) is 0 Å². The zero-order valence-electron chi connectivity index (χ0n) is 17.8. The lowest BCUT2D eigenvalue weighted by Gasteiger charge is -2.21. The molecule has 0 aliphatic rings. The Hall–Kier alpha value is -2.33. The smallest absolute Gasteiger partial charge is 0.262 e. The van der Waals surface area contributed by atoms with E-state index in [2.05, 4.69) is 10.0 Å². The molecule has 0 aliphatic carbocycles. The summed E-state index contributed by atoms with van der Waals surface area (Å²) in [7, 11) is -2.29. The number of amides is 1. The average Bonchev–Trinajstić information content (AvgIpc) is 3.05. The zero-order chi connectivity index (χ0) is 22.8. The first kappa shape index (κ1) is 23.3. The van der Waals surface area contributed by atoms with Crippen LogP contribution in [0.1, 0.15) is 41.6 Å². The van der Waals surface area contributed by atoms with E-state index < -0.39 is 27.3 Å². The van der Waals surface area contributed by atoms with Crippen LogP contribution in [-0.2, 0) is 27.9 Å². The molecule has 0 fully saturated rings. The molecule has 2 N–H and O–H groups in total. The molecule has 1 amide bonds. The van der Waals surface area contributed by atoms with Gasteiger partial charge in [-0.15, -0.1) is 11.3 Å². The van der Waals surface area contributed by atoms with Gasteiger partial charge in [-0.3, -0.25) is 4.79 Å². The van der Waals surface area contributed by atoms with Crippen LogP contribution in [-0.4, -0.2) is 27.0 Å². The molecule has 0 saturated heterocycles. The maximum absolute atomic E-state index is 14.4. The monoisotopic (exact) mass is 464 g/mol. The van der Waals surface area contributed by atoms with Crippen LogP contribution < -0.4 is 10.0 Å². The van der Waals surface area contributed by atoms with Crippen LogP contribution in [0.25, 0.3) is 10.1 Å². The molecule has 0 bridgehead atoms. The Morgan fingerprint density at radius 1 is 1.13 bits per heavy atom. The van der Waals surface area contributed by atoms with Gasteiger partial charge in [0, 0.05) is 34.8 Å². The van der Waals surface area contributed by atoms with E-state index in [1.54, 1.807) is 51.1 Å². The van der Waals surface area contributed by atoms with Gasteiger partial charge < -0.3 is 10.1 Å². The summed E-state index contributed by atoms with van der Waals surface area (Å²) in [5, 5.41) is 3.14. The molecule has 31 heavy (non-hydrogen) atoms. The summed E-state index contributed by atoms with van der Waals surface area (Å²) in [5.41, 5.74) is 0.285. The van der Waals surface area contributed by atoms with Crippen molar-refractivity contribution in [2.45, 2.75) is 44.4 Å². The fourth-order valence-electron chi connectivity index (χ4n) is 3.26. The minimum atomic E-state index is -3.77. The highest BCUT2D eigenvalue weighted by Crippen LogP contribution is 2.34. The zero-order valence-corrected chi connectivity index (χ0v) is 19.4. The number of benzene rings is 2.